The Morgan fingerprint density at radius 3 is 2.12 bits per heavy atom. The van der Waals surface area contributed by atoms with Crippen molar-refractivity contribution in [3.63, 3.8) is 0 Å². The van der Waals surface area contributed by atoms with Crippen molar-refractivity contribution in [2.45, 2.75) is 63.3 Å². The lowest BCUT2D eigenvalue weighted by atomic mass is 10.3. The number of fused-ring (bicyclic) bond motifs is 1. The average Bonchev–Trinajstić information content (AvgIpc) is 3.25. The third-order valence-electron chi connectivity index (χ3n) is 4.30. The number of hydrogen-bond donors (Lipinski definition) is 0. The molecule has 13 heteroatoms. The number of aromatic nitrogens is 1. The third-order valence-corrected chi connectivity index (χ3v) is 21.9. The molecule has 0 aliphatic carbocycles. The van der Waals surface area contributed by atoms with E-state index in [-0.39, 0.29) is 0 Å². The molecule has 1 aromatic heterocycles. The number of para-hydroxylation sites is 1. The molecule has 0 aliphatic heterocycles. The Bertz CT molecular complexity index is 717. The predicted molar refractivity (Wildman–Crippen MR) is 164 cm³/mol. The smallest absolute Gasteiger partial charge is 0.373 e. The van der Waals surface area contributed by atoms with Crippen LogP contribution in [0.3, 0.4) is 0 Å². The molecule has 1 atom stereocenters. The normalized spacial score (nSPS) is 13.1. The summed E-state index contributed by atoms with van der Waals surface area (Å²) in [6.07, 6.45) is 4.00. The monoisotopic (exact) mass is 619 g/mol. The van der Waals surface area contributed by atoms with Crippen molar-refractivity contribution in [1.29, 1.82) is 0 Å². The second-order valence-electron chi connectivity index (χ2n) is 7.03. The first-order valence-corrected chi connectivity index (χ1v) is 22.7. The number of hydrogen-bond acceptors (Lipinski definition) is 12. The van der Waals surface area contributed by atoms with Gasteiger partial charge in [0.05, 0.1) is 10.2 Å². The first-order valence-electron chi connectivity index (χ1n) is 11.0. The molecule has 33 heavy (non-hydrogen) atoms. The zero-order chi connectivity index (χ0) is 23.8. The van der Waals surface area contributed by atoms with Crippen molar-refractivity contribution in [1.82, 2.24) is 4.98 Å². The highest BCUT2D eigenvalue weighted by atomic mass is 33.9. The fraction of sp³-hybridized carbons (Fsp3) is 0.650. The highest BCUT2D eigenvalue weighted by Gasteiger charge is 2.46. The molecule has 1 heterocycles. The van der Waals surface area contributed by atoms with E-state index >= 15 is 0 Å². The SMILES string of the molecule is CCCO[Si](OCCC)(OCCC)C(C)CCSSSSSSSc1nc2ccccc2s1. The molecule has 0 saturated carbocycles. The summed E-state index contributed by atoms with van der Waals surface area (Å²) in [6.45, 7) is 10.8. The predicted octanol–water partition coefficient (Wildman–Crippen LogP) is 10.3. The van der Waals surface area contributed by atoms with Crippen LogP contribution in [-0.2, 0) is 13.3 Å². The Hall–Kier alpha value is 1.66. The molecule has 0 N–H and O–H groups in total. The second-order valence-corrected chi connectivity index (χ2v) is 22.6. The van der Waals surface area contributed by atoms with Gasteiger partial charge >= 0.3 is 8.80 Å². The van der Waals surface area contributed by atoms with Crippen molar-refractivity contribution < 1.29 is 13.3 Å². The fourth-order valence-electron chi connectivity index (χ4n) is 2.70. The summed E-state index contributed by atoms with van der Waals surface area (Å²) in [6, 6.07) is 8.30. The molecule has 2 rings (SSSR count). The van der Waals surface area contributed by atoms with Crippen LogP contribution in [-0.4, -0.2) is 39.4 Å². The standard InChI is InChI=1S/C20H33NO3S8Si/c1-5-13-22-33(23-14-6-2,24-15-7-3)17(4)12-16-25-28-30-32-31-29-27-20-21-18-10-8-9-11-19(18)26-20/h8-11,17H,5-7,12-16H2,1-4H3. The lowest BCUT2D eigenvalue weighted by Crippen LogP contribution is -2.50. The van der Waals surface area contributed by atoms with Crippen LogP contribution in [0.5, 0.6) is 0 Å². The lowest BCUT2D eigenvalue weighted by molar-refractivity contribution is 0.0505. The molecule has 2 aromatic rings. The van der Waals surface area contributed by atoms with Crippen molar-refractivity contribution in [2.24, 2.45) is 0 Å². The van der Waals surface area contributed by atoms with Crippen LogP contribution < -0.4 is 0 Å². The Labute approximate surface area is 230 Å². The van der Waals surface area contributed by atoms with Gasteiger partial charge in [-0.2, -0.15) is 0 Å². The summed E-state index contributed by atoms with van der Waals surface area (Å²) >= 11 is 1.76. The first-order chi connectivity index (χ1) is 16.1. The van der Waals surface area contributed by atoms with Crippen LogP contribution in [0.4, 0.5) is 0 Å². The van der Waals surface area contributed by atoms with Gasteiger partial charge in [-0.05, 0) is 97.7 Å². The highest BCUT2D eigenvalue weighted by molar-refractivity contribution is 9.46. The molecular weight excluding hydrogens is 587 g/mol. The van der Waals surface area contributed by atoms with E-state index in [9.17, 15) is 0 Å². The fourth-order valence-corrected chi connectivity index (χ4v) is 21.7. The van der Waals surface area contributed by atoms with Gasteiger partial charge in [0.2, 0.25) is 0 Å². The number of benzene rings is 1. The minimum Gasteiger partial charge on any atom is -0.373 e. The van der Waals surface area contributed by atoms with Crippen molar-refractivity contribution in [2.75, 3.05) is 25.6 Å². The molecule has 1 aromatic carbocycles. The van der Waals surface area contributed by atoms with Gasteiger partial charge in [-0.1, -0.05) is 50.6 Å². The van der Waals surface area contributed by atoms with E-state index in [0.29, 0.717) is 25.4 Å². The quantitative estimate of drug-likeness (QED) is 0.0807. The van der Waals surface area contributed by atoms with Gasteiger partial charge < -0.3 is 13.3 Å². The van der Waals surface area contributed by atoms with E-state index in [1.807, 2.05) is 36.5 Å². The van der Waals surface area contributed by atoms with Crippen LogP contribution in [0.15, 0.2) is 28.6 Å². The summed E-state index contributed by atoms with van der Waals surface area (Å²) < 4.78 is 21.2. The molecule has 0 spiro atoms. The van der Waals surface area contributed by atoms with E-state index in [0.717, 1.165) is 41.3 Å². The number of nitrogens with zero attached hydrogens (tertiary/aromatic N) is 1. The highest BCUT2D eigenvalue weighted by Crippen LogP contribution is 2.56. The van der Waals surface area contributed by atoms with E-state index in [2.05, 4.69) is 50.9 Å². The van der Waals surface area contributed by atoms with Crippen molar-refractivity contribution in [3.8, 4) is 0 Å². The third kappa shape index (κ3) is 11.7. The van der Waals surface area contributed by atoms with Gasteiger partial charge in [0, 0.05) is 31.1 Å². The van der Waals surface area contributed by atoms with Gasteiger partial charge in [-0.25, -0.2) is 4.98 Å². The molecule has 0 radical (unpaired) electrons. The van der Waals surface area contributed by atoms with Gasteiger partial charge in [0.1, 0.15) is 0 Å². The van der Waals surface area contributed by atoms with Gasteiger partial charge in [0.25, 0.3) is 0 Å². The molecule has 1 unspecified atom stereocenters. The van der Waals surface area contributed by atoms with Crippen LogP contribution in [0, 0.1) is 0 Å². The summed E-state index contributed by atoms with van der Waals surface area (Å²) in [5.41, 5.74) is 1.40. The molecular formula is C20H33NO3S8Si. The van der Waals surface area contributed by atoms with Gasteiger partial charge in [-0.3, -0.25) is 0 Å². The lowest BCUT2D eigenvalue weighted by Gasteiger charge is -2.34. The summed E-state index contributed by atoms with van der Waals surface area (Å²) in [4.78, 5) is 4.66. The topological polar surface area (TPSA) is 40.6 Å². The summed E-state index contributed by atoms with van der Waals surface area (Å²) in [7, 11) is 10.0. The number of thiazole rings is 1. The molecule has 0 amide bonds. The van der Waals surface area contributed by atoms with E-state index < -0.39 is 8.80 Å². The van der Waals surface area contributed by atoms with E-state index in [1.54, 1.807) is 51.6 Å². The Balaban J connectivity index is 1.61. The molecule has 0 fully saturated rings. The Morgan fingerprint density at radius 2 is 1.48 bits per heavy atom. The first kappa shape index (κ1) is 30.9. The van der Waals surface area contributed by atoms with Crippen LogP contribution in [0.2, 0.25) is 5.54 Å². The van der Waals surface area contributed by atoms with Crippen LogP contribution in [0.1, 0.15) is 53.4 Å². The van der Waals surface area contributed by atoms with Gasteiger partial charge in [0.15, 0.2) is 4.34 Å². The maximum Gasteiger partial charge on any atom is 0.503 e. The Kier molecular flexibility index (Phi) is 17.6. The van der Waals surface area contributed by atoms with Crippen molar-refractivity contribution >= 4 is 101 Å². The Morgan fingerprint density at radius 1 is 0.879 bits per heavy atom. The summed E-state index contributed by atoms with van der Waals surface area (Å²) in [5, 5.41) is 0. The maximum absolute atomic E-state index is 6.28. The van der Waals surface area contributed by atoms with Gasteiger partial charge in [-0.15, -0.1) is 11.3 Å². The molecule has 0 aliphatic rings. The molecule has 0 saturated heterocycles. The largest absolute Gasteiger partial charge is 0.503 e. The molecule has 0 bridgehead atoms. The van der Waals surface area contributed by atoms with E-state index in [1.165, 1.54) is 4.70 Å². The minimum atomic E-state index is -2.64. The molecule has 4 nitrogen and oxygen atoms in total. The van der Waals surface area contributed by atoms with Crippen LogP contribution in [0.25, 0.3) is 10.2 Å². The zero-order valence-corrected chi connectivity index (χ0v) is 27.0. The maximum atomic E-state index is 6.28. The molecule has 188 valence electrons. The van der Waals surface area contributed by atoms with E-state index in [4.69, 9.17) is 13.3 Å². The minimum absolute atomic E-state index is 0.308. The summed E-state index contributed by atoms with van der Waals surface area (Å²) in [5.74, 6) is 1.06. The zero-order valence-electron chi connectivity index (χ0n) is 19.5. The van der Waals surface area contributed by atoms with Crippen molar-refractivity contribution in [3.05, 3.63) is 24.3 Å². The second kappa shape index (κ2) is 18.8. The number of rotatable bonds is 20. The average molecular weight is 620 g/mol. The van der Waals surface area contributed by atoms with Crippen LogP contribution >= 0.6 is 82.1 Å².